The third-order valence-electron chi connectivity index (χ3n) is 2.11. The highest BCUT2D eigenvalue weighted by Gasteiger charge is 2.23. The van der Waals surface area contributed by atoms with Crippen LogP contribution in [0.15, 0.2) is 24.3 Å². The fourth-order valence-electron chi connectivity index (χ4n) is 1.27. The van der Waals surface area contributed by atoms with Gasteiger partial charge in [-0.05, 0) is 24.6 Å². The summed E-state index contributed by atoms with van der Waals surface area (Å²) in [6, 6.07) is 6.57. The summed E-state index contributed by atoms with van der Waals surface area (Å²) in [4.78, 5) is 22.3. The largest absolute Gasteiger partial charge is 0.481 e. The maximum Gasteiger partial charge on any atom is 0.316 e. The molecule has 2 N–H and O–H groups in total. The lowest BCUT2D eigenvalue weighted by molar-refractivity contribution is -0.145. The van der Waals surface area contributed by atoms with Gasteiger partial charge in [0, 0.05) is 10.7 Å². The number of nitrogens with one attached hydrogen (secondary N) is 1. The number of benzene rings is 1. The number of amides is 1. The molecule has 1 amide bonds. The summed E-state index contributed by atoms with van der Waals surface area (Å²) < 4.78 is 0. The molecule has 1 aromatic carbocycles. The summed E-state index contributed by atoms with van der Waals surface area (Å²) in [6.07, 6.45) is 0.252. The van der Waals surface area contributed by atoms with Gasteiger partial charge in [0.05, 0.1) is 0 Å². The van der Waals surface area contributed by atoms with Crippen LogP contribution >= 0.6 is 11.6 Å². The van der Waals surface area contributed by atoms with Crippen molar-refractivity contribution in [2.75, 3.05) is 5.32 Å². The van der Waals surface area contributed by atoms with E-state index in [1.165, 1.54) is 0 Å². The third-order valence-corrected chi connectivity index (χ3v) is 2.35. The zero-order valence-corrected chi connectivity index (χ0v) is 9.49. The Labute approximate surface area is 98.2 Å². The highest BCUT2D eigenvalue weighted by Crippen LogP contribution is 2.16. The van der Waals surface area contributed by atoms with Gasteiger partial charge in [-0.1, -0.05) is 24.6 Å². The SMILES string of the molecule is CCC(C(=O)O)C(=O)Nc1cccc(Cl)c1. The van der Waals surface area contributed by atoms with Crippen LogP contribution in [0.3, 0.4) is 0 Å². The lowest BCUT2D eigenvalue weighted by Gasteiger charge is -2.10. The van der Waals surface area contributed by atoms with Crippen molar-refractivity contribution in [3.8, 4) is 0 Å². The molecular weight excluding hydrogens is 230 g/mol. The van der Waals surface area contributed by atoms with Crippen LogP contribution in [0.25, 0.3) is 0 Å². The first-order valence-electron chi connectivity index (χ1n) is 4.83. The lowest BCUT2D eigenvalue weighted by Crippen LogP contribution is -2.28. The summed E-state index contributed by atoms with van der Waals surface area (Å²) in [5.41, 5.74) is 0.497. The molecule has 0 heterocycles. The van der Waals surface area contributed by atoms with Crippen molar-refractivity contribution in [2.45, 2.75) is 13.3 Å². The Hall–Kier alpha value is -1.55. The standard InChI is InChI=1S/C11H12ClNO3/c1-2-9(11(15)16)10(14)13-8-5-3-4-7(12)6-8/h3-6,9H,2H2,1H3,(H,13,14)(H,15,16). The molecule has 1 rings (SSSR count). The maximum atomic E-state index is 11.6. The Balaban J connectivity index is 2.74. The fourth-order valence-corrected chi connectivity index (χ4v) is 1.46. The number of anilines is 1. The molecule has 86 valence electrons. The summed E-state index contributed by atoms with van der Waals surface area (Å²) in [5.74, 6) is -2.68. The van der Waals surface area contributed by atoms with E-state index in [0.717, 1.165) is 0 Å². The van der Waals surface area contributed by atoms with E-state index in [1.807, 2.05) is 0 Å². The minimum atomic E-state index is -1.12. The first-order valence-corrected chi connectivity index (χ1v) is 5.21. The van der Waals surface area contributed by atoms with E-state index in [9.17, 15) is 9.59 Å². The summed E-state index contributed by atoms with van der Waals surface area (Å²) in [6.45, 7) is 1.65. The molecule has 0 radical (unpaired) electrons. The van der Waals surface area contributed by atoms with Crippen LogP contribution < -0.4 is 5.32 Å². The number of hydrogen-bond donors (Lipinski definition) is 2. The lowest BCUT2D eigenvalue weighted by atomic mass is 10.1. The van der Waals surface area contributed by atoms with Gasteiger partial charge in [0.2, 0.25) is 5.91 Å². The van der Waals surface area contributed by atoms with E-state index >= 15 is 0 Å². The molecule has 0 bridgehead atoms. The molecule has 0 aliphatic carbocycles. The van der Waals surface area contributed by atoms with Gasteiger partial charge in [0.15, 0.2) is 0 Å². The Kier molecular flexibility index (Phi) is 4.31. The van der Waals surface area contributed by atoms with Crippen LogP contribution in [0.5, 0.6) is 0 Å². The first kappa shape index (κ1) is 12.5. The van der Waals surface area contributed by atoms with Crippen LogP contribution in [0.4, 0.5) is 5.69 Å². The first-order chi connectivity index (χ1) is 7.54. The summed E-state index contributed by atoms with van der Waals surface area (Å²) in [5, 5.41) is 11.8. The second kappa shape index (κ2) is 5.51. The maximum absolute atomic E-state index is 11.6. The van der Waals surface area contributed by atoms with Gasteiger partial charge >= 0.3 is 5.97 Å². The Morgan fingerprint density at radius 2 is 2.19 bits per heavy atom. The predicted molar refractivity (Wildman–Crippen MR) is 61.5 cm³/mol. The van der Waals surface area contributed by atoms with Gasteiger partial charge in [-0.2, -0.15) is 0 Å². The zero-order chi connectivity index (χ0) is 12.1. The van der Waals surface area contributed by atoms with E-state index in [4.69, 9.17) is 16.7 Å². The smallest absolute Gasteiger partial charge is 0.316 e. The number of carboxylic acid groups (broad SMARTS) is 1. The van der Waals surface area contributed by atoms with Gasteiger partial charge in [0.1, 0.15) is 5.92 Å². The molecule has 0 fully saturated rings. The Morgan fingerprint density at radius 1 is 1.50 bits per heavy atom. The van der Waals surface area contributed by atoms with Gasteiger partial charge in [0.25, 0.3) is 0 Å². The number of aliphatic carboxylic acids is 1. The molecule has 0 aliphatic heterocycles. The van der Waals surface area contributed by atoms with Crippen LogP contribution in [0, 0.1) is 5.92 Å². The van der Waals surface area contributed by atoms with Crippen molar-refractivity contribution >= 4 is 29.2 Å². The molecule has 1 atom stereocenters. The van der Waals surface area contributed by atoms with Gasteiger partial charge in [-0.15, -0.1) is 0 Å². The van der Waals surface area contributed by atoms with Crippen LogP contribution in [-0.4, -0.2) is 17.0 Å². The molecule has 4 nitrogen and oxygen atoms in total. The van der Waals surface area contributed by atoms with Crippen molar-refractivity contribution in [1.82, 2.24) is 0 Å². The molecule has 16 heavy (non-hydrogen) atoms. The van der Waals surface area contributed by atoms with Crippen LogP contribution in [0.2, 0.25) is 5.02 Å². The number of rotatable bonds is 4. The number of carbonyl (C=O) groups is 2. The predicted octanol–water partition coefficient (Wildman–Crippen LogP) is 2.39. The fraction of sp³-hybridized carbons (Fsp3) is 0.273. The minimum absolute atomic E-state index is 0.252. The average molecular weight is 242 g/mol. The van der Waals surface area contributed by atoms with E-state index in [0.29, 0.717) is 10.7 Å². The molecule has 0 aliphatic rings. The summed E-state index contributed by atoms with van der Waals surface area (Å²) >= 11 is 5.74. The minimum Gasteiger partial charge on any atom is -0.481 e. The van der Waals surface area contributed by atoms with E-state index in [1.54, 1.807) is 31.2 Å². The Morgan fingerprint density at radius 3 is 2.69 bits per heavy atom. The molecule has 0 saturated heterocycles. The van der Waals surface area contributed by atoms with Crippen LogP contribution in [-0.2, 0) is 9.59 Å². The summed E-state index contributed by atoms with van der Waals surface area (Å²) in [7, 11) is 0. The number of halogens is 1. The van der Waals surface area contributed by atoms with Crippen LogP contribution in [0.1, 0.15) is 13.3 Å². The number of carbonyl (C=O) groups excluding carboxylic acids is 1. The van der Waals surface area contributed by atoms with E-state index in [-0.39, 0.29) is 6.42 Å². The van der Waals surface area contributed by atoms with Crippen molar-refractivity contribution in [1.29, 1.82) is 0 Å². The molecule has 1 unspecified atom stereocenters. The second-order valence-electron chi connectivity index (χ2n) is 3.30. The monoisotopic (exact) mass is 241 g/mol. The Bertz CT molecular complexity index is 406. The zero-order valence-electron chi connectivity index (χ0n) is 8.74. The van der Waals surface area contributed by atoms with E-state index < -0.39 is 17.8 Å². The highest BCUT2D eigenvalue weighted by atomic mass is 35.5. The molecule has 1 aromatic rings. The average Bonchev–Trinajstić information content (AvgIpc) is 2.17. The topological polar surface area (TPSA) is 66.4 Å². The van der Waals surface area contributed by atoms with Gasteiger partial charge < -0.3 is 10.4 Å². The molecule has 5 heteroatoms. The normalized spacial score (nSPS) is 11.9. The molecule has 0 saturated carbocycles. The van der Waals surface area contributed by atoms with Gasteiger partial charge in [-0.3, -0.25) is 9.59 Å². The van der Waals surface area contributed by atoms with Crippen molar-refractivity contribution < 1.29 is 14.7 Å². The van der Waals surface area contributed by atoms with Gasteiger partial charge in [-0.25, -0.2) is 0 Å². The van der Waals surface area contributed by atoms with E-state index in [2.05, 4.69) is 5.32 Å². The van der Waals surface area contributed by atoms with Crippen molar-refractivity contribution in [3.63, 3.8) is 0 Å². The third kappa shape index (κ3) is 3.24. The number of carboxylic acids is 1. The molecule has 0 aromatic heterocycles. The quantitative estimate of drug-likeness (QED) is 0.796. The number of hydrogen-bond acceptors (Lipinski definition) is 2. The highest BCUT2D eigenvalue weighted by molar-refractivity contribution is 6.30. The van der Waals surface area contributed by atoms with Crippen molar-refractivity contribution in [3.05, 3.63) is 29.3 Å². The molecular formula is C11H12ClNO3. The molecule has 0 spiro atoms. The van der Waals surface area contributed by atoms with Crippen molar-refractivity contribution in [2.24, 2.45) is 5.92 Å². The second-order valence-corrected chi connectivity index (χ2v) is 3.74.